The Balaban J connectivity index is 2.01. The van der Waals surface area contributed by atoms with Crippen LogP contribution in [0.25, 0.3) is 0 Å². The fourth-order valence-corrected chi connectivity index (χ4v) is 2.33. The minimum Gasteiger partial charge on any atom is -0.392 e. The van der Waals surface area contributed by atoms with E-state index in [-0.39, 0.29) is 5.97 Å². The first kappa shape index (κ1) is 9.90. The maximum atomic E-state index is 10.4. The molecule has 70 valence electrons. The molecule has 0 aliphatic heterocycles. The Morgan fingerprint density at radius 1 is 1.42 bits per heavy atom. The molecular formula is C9H16O2S. The van der Waals surface area contributed by atoms with Crippen LogP contribution in [0.2, 0.25) is 0 Å². The molecular weight excluding hydrogens is 172 g/mol. The average molecular weight is 188 g/mol. The van der Waals surface area contributed by atoms with E-state index in [4.69, 9.17) is 4.18 Å². The second kappa shape index (κ2) is 5.46. The van der Waals surface area contributed by atoms with Gasteiger partial charge in [-0.1, -0.05) is 19.3 Å². The molecule has 0 aromatic heterocycles. The maximum Gasteiger partial charge on any atom is 0.314 e. The Morgan fingerprint density at radius 2 is 2.08 bits per heavy atom. The normalized spacial score (nSPS) is 19.1. The van der Waals surface area contributed by atoms with Gasteiger partial charge in [0.15, 0.2) is 0 Å². The highest BCUT2D eigenvalue weighted by Crippen LogP contribution is 2.26. The zero-order valence-corrected chi connectivity index (χ0v) is 8.36. The van der Waals surface area contributed by atoms with Gasteiger partial charge in [-0.05, 0) is 18.8 Å². The Morgan fingerprint density at radius 3 is 2.67 bits per heavy atom. The van der Waals surface area contributed by atoms with Gasteiger partial charge in [-0.25, -0.2) is 0 Å². The maximum absolute atomic E-state index is 10.4. The summed E-state index contributed by atoms with van der Waals surface area (Å²) in [6.07, 6.45) is 6.72. The van der Waals surface area contributed by atoms with Crippen LogP contribution in [0.15, 0.2) is 0 Å². The van der Waals surface area contributed by atoms with Gasteiger partial charge in [0.1, 0.15) is 0 Å². The molecule has 0 spiro atoms. The van der Waals surface area contributed by atoms with E-state index in [0.717, 1.165) is 11.7 Å². The summed E-state index contributed by atoms with van der Waals surface area (Å²) < 4.78 is 4.82. The molecule has 1 aliphatic carbocycles. The molecule has 1 fully saturated rings. The van der Waals surface area contributed by atoms with Crippen LogP contribution in [-0.2, 0) is 8.98 Å². The Bertz CT molecular complexity index is 141. The van der Waals surface area contributed by atoms with Crippen LogP contribution in [0.1, 0.15) is 39.0 Å². The Kier molecular flexibility index (Phi) is 4.51. The molecule has 1 aliphatic rings. The first-order valence-corrected chi connectivity index (χ1v) is 5.50. The average Bonchev–Trinajstić information content (AvgIpc) is 2.05. The third kappa shape index (κ3) is 4.00. The van der Waals surface area contributed by atoms with Crippen molar-refractivity contribution in [1.82, 2.24) is 0 Å². The fraction of sp³-hybridized carbons (Fsp3) is 0.889. The molecule has 0 bridgehead atoms. The van der Waals surface area contributed by atoms with Crippen molar-refractivity contribution in [3.8, 4) is 0 Å². The highest BCUT2D eigenvalue weighted by atomic mass is 32.2. The molecule has 0 saturated heterocycles. The Labute approximate surface area is 78.3 Å². The van der Waals surface area contributed by atoms with Gasteiger partial charge in [0, 0.05) is 12.7 Å². The van der Waals surface area contributed by atoms with Gasteiger partial charge < -0.3 is 4.18 Å². The van der Waals surface area contributed by atoms with E-state index in [1.54, 1.807) is 0 Å². The van der Waals surface area contributed by atoms with Crippen molar-refractivity contribution in [2.75, 3.05) is 5.75 Å². The van der Waals surface area contributed by atoms with Crippen molar-refractivity contribution in [2.24, 2.45) is 5.92 Å². The molecule has 0 aromatic rings. The summed E-state index contributed by atoms with van der Waals surface area (Å²) in [5, 5.41) is 0. The minimum atomic E-state index is -0.184. The third-order valence-corrected chi connectivity index (χ3v) is 3.16. The summed E-state index contributed by atoms with van der Waals surface area (Å²) >= 11 is 1.32. The molecule has 0 unspecified atom stereocenters. The number of carbonyl (C=O) groups is 1. The lowest BCUT2D eigenvalue weighted by molar-refractivity contribution is -0.130. The lowest BCUT2D eigenvalue weighted by atomic mass is 9.91. The van der Waals surface area contributed by atoms with E-state index >= 15 is 0 Å². The highest BCUT2D eigenvalue weighted by molar-refractivity contribution is 7.95. The quantitative estimate of drug-likeness (QED) is 0.637. The van der Waals surface area contributed by atoms with E-state index in [1.165, 1.54) is 51.1 Å². The lowest BCUT2D eigenvalue weighted by Gasteiger charge is -2.19. The van der Waals surface area contributed by atoms with E-state index < -0.39 is 0 Å². The van der Waals surface area contributed by atoms with Crippen LogP contribution in [0, 0.1) is 5.92 Å². The molecule has 2 nitrogen and oxygen atoms in total. The summed E-state index contributed by atoms with van der Waals surface area (Å²) in [6.45, 7) is 1.45. The summed E-state index contributed by atoms with van der Waals surface area (Å²) in [4.78, 5) is 10.4. The minimum absolute atomic E-state index is 0.184. The zero-order valence-electron chi connectivity index (χ0n) is 7.54. The summed E-state index contributed by atoms with van der Waals surface area (Å²) in [7, 11) is 0. The van der Waals surface area contributed by atoms with Crippen molar-refractivity contribution in [2.45, 2.75) is 39.0 Å². The molecule has 3 heteroatoms. The van der Waals surface area contributed by atoms with Crippen molar-refractivity contribution in [1.29, 1.82) is 0 Å². The molecule has 0 N–H and O–H groups in total. The van der Waals surface area contributed by atoms with E-state index in [0.29, 0.717) is 0 Å². The van der Waals surface area contributed by atoms with Gasteiger partial charge in [0.25, 0.3) is 0 Å². The first-order valence-electron chi connectivity index (χ1n) is 4.59. The van der Waals surface area contributed by atoms with Crippen LogP contribution < -0.4 is 0 Å². The first-order chi connectivity index (χ1) is 5.79. The fourth-order valence-electron chi connectivity index (χ4n) is 1.57. The van der Waals surface area contributed by atoms with Crippen LogP contribution >= 0.6 is 12.0 Å². The van der Waals surface area contributed by atoms with Gasteiger partial charge in [-0.2, -0.15) is 0 Å². The Hall–Kier alpha value is -0.180. The topological polar surface area (TPSA) is 26.3 Å². The number of carbonyl (C=O) groups excluding carboxylic acids is 1. The summed E-state index contributed by atoms with van der Waals surface area (Å²) in [5.41, 5.74) is 0. The second-order valence-electron chi connectivity index (χ2n) is 3.36. The van der Waals surface area contributed by atoms with Crippen LogP contribution in [-0.4, -0.2) is 11.7 Å². The molecule has 0 aromatic carbocycles. The van der Waals surface area contributed by atoms with Gasteiger partial charge in [-0.3, -0.25) is 4.79 Å². The van der Waals surface area contributed by atoms with Crippen LogP contribution in [0.4, 0.5) is 0 Å². The molecule has 0 heterocycles. The monoisotopic (exact) mass is 188 g/mol. The predicted molar refractivity (Wildman–Crippen MR) is 50.8 cm³/mol. The number of hydrogen-bond acceptors (Lipinski definition) is 3. The predicted octanol–water partition coefficient (Wildman–Crippen LogP) is 2.78. The van der Waals surface area contributed by atoms with E-state index in [9.17, 15) is 4.79 Å². The standard InChI is InChI=1S/C9H16O2S/c1-8(10)11-12-7-9-5-3-2-4-6-9/h9H,2-7H2,1H3. The van der Waals surface area contributed by atoms with Crippen molar-refractivity contribution in [3.05, 3.63) is 0 Å². The van der Waals surface area contributed by atoms with E-state index in [1.807, 2.05) is 0 Å². The summed E-state index contributed by atoms with van der Waals surface area (Å²) in [6, 6.07) is 0. The molecule has 0 amide bonds. The van der Waals surface area contributed by atoms with Crippen molar-refractivity contribution in [3.63, 3.8) is 0 Å². The van der Waals surface area contributed by atoms with Crippen molar-refractivity contribution >= 4 is 18.0 Å². The van der Waals surface area contributed by atoms with Gasteiger partial charge in [-0.15, -0.1) is 0 Å². The van der Waals surface area contributed by atoms with Gasteiger partial charge in [0.2, 0.25) is 0 Å². The van der Waals surface area contributed by atoms with E-state index in [2.05, 4.69) is 0 Å². The molecule has 0 atom stereocenters. The number of rotatable bonds is 3. The van der Waals surface area contributed by atoms with Crippen molar-refractivity contribution < 1.29 is 8.98 Å². The largest absolute Gasteiger partial charge is 0.392 e. The van der Waals surface area contributed by atoms with Crippen LogP contribution in [0.5, 0.6) is 0 Å². The zero-order chi connectivity index (χ0) is 8.81. The molecule has 12 heavy (non-hydrogen) atoms. The third-order valence-electron chi connectivity index (χ3n) is 2.20. The highest BCUT2D eigenvalue weighted by Gasteiger charge is 2.13. The van der Waals surface area contributed by atoms with Crippen LogP contribution in [0.3, 0.4) is 0 Å². The molecule has 1 rings (SSSR count). The summed E-state index contributed by atoms with van der Waals surface area (Å²) in [5.74, 6) is 1.58. The second-order valence-corrected chi connectivity index (χ2v) is 4.10. The SMILES string of the molecule is CC(=O)OSCC1CCCCC1. The van der Waals surface area contributed by atoms with Gasteiger partial charge >= 0.3 is 5.97 Å². The number of hydrogen-bond donors (Lipinski definition) is 0. The molecule has 1 saturated carbocycles. The lowest BCUT2D eigenvalue weighted by Crippen LogP contribution is -2.09. The molecule has 0 radical (unpaired) electrons. The smallest absolute Gasteiger partial charge is 0.314 e. The van der Waals surface area contributed by atoms with Gasteiger partial charge in [0.05, 0.1) is 12.0 Å².